The van der Waals surface area contributed by atoms with E-state index in [9.17, 15) is 4.79 Å². The van der Waals surface area contributed by atoms with Crippen molar-refractivity contribution in [3.8, 4) is 0 Å². The number of aromatic nitrogens is 2. The minimum absolute atomic E-state index is 0.119. The van der Waals surface area contributed by atoms with E-state index >= 15 is 0 Å². The van der Waals surface area contributed by atoms with Crippen LogP contribution in [0.4, 0.5) is 0 Å². The third-order valence-electron chi connectivity index (χ3n) is 2.43. The van der Waals surface area contributed by atoms with Gasteiger partial charge < -0.3 is 5.11 Å². The summed E-state index contributed by atoms with van der Waals surface area (Å²) in [6, 6.07) is 10.0. The van der Waals surface area contributed by atoms with E-state index in [1.807, 2.05) is 30.3 Å². The monoisotopic (exact) mass is 228 g/mol. The number of carbonyl (C=O) groups is 1. The lowest BCUT2D eigenvalue weighted by atomic mass is 10.1. The quantitative estimate of drug-likeness (QED) is 0.868. The maximum Gasteiger partial charge on any atom is 0.338 e. The van der Waals surface area contributed by atoms with Crippen LogP contribution in [-0.4, -0.2) is 21.0 Å². The molecule has 1 aromatic heterocycles. The van der Waals surface area contributed by atoms with Crippen molar-refractivity contribution in [2.24, 2.45) is 0 Å². The normalized spacial score (nSPS) is 10.1. The molecule has 0 amide bonds. The first-order valence-electron chi connectivity index (χ1n) is 5.34. The molecule has 0 bridgehead atoms. The van der Waals surface area contributed by atoms with Gasteiger partial charge in [0.2, 0.25) is 0 Å². The Kier molecular flexibility index (Phi) is 3.45. The topological polar surface area (TPSA) is 63.1 Å². The van der Waals surface area contributed by atoms with Gasteiger partial charge in [0.05, 0.1) is 5.56 Å². The number of aryl methyl sites for hydroxylation is 2. The summed E-state index contributed by atoms with van der Waals surface area (Å²) in [6.45, 7) is 0. The van der Waals surface area contributed by atoms with Crippen LogP contribution in [0.5, 0.6) is 0 Å². The Morgan fingerprint density at radius 1 is 1.06 bits per heavy atom. The summed E-state index contributed by atoms with van der Waals surface area (Å²) in [7, 11) is 0. The maximum atomic E-state index is 10.6. The molecule has 0 fully saturated rings. The van der Waals surface area contributed by atoms with Gasteiger partial charge in [0.15, 0.2) is 0 Å². The van der Waals surface area contributed by atoms with Crippen LogP contribution in [0.1, 0.15) is 21.7 Å². The molecule has 2 aromatic rings. The van der Waals surface area contributed by atoms with E-state index in [1.165, 1.54) is 18.0 Å². The molecule has 17 heavy (non-hydrogen) atoms. The van der Waals surface area contributed by atoms with Crippen LogP contribution in [0, 0.1) is 0 Å². The second-order valence-electron chi connectivity index (χ2n) is 3.68. The van der Waals surface area contributed by atoms with Crippen molar-refractivity contribution >= 4 is 5.97 Å². The number of nitrogens with zero attached hydrogens (tertiary/aromatic N) is 2. The van der Waals surface area contributed by atoms with E-state index in [0.717, 1.165) is 6.42 Å². The van der Waals surface area contributed by atoms with Gasteiger partial charge in [0.1, 0.15) is 5.82 Å². The van der Waals surface area contributed by atoms with Crippen molar-refractivity contribution < 1.29 is 9.90 Å². The zero-order chi connectivity index (χ0) is 12.1. The van der Waals surface area contributed by atoms with E-state index in [1.54, 1.807) is 0 Å². The predicted molar refractivity (Wildman–Crippen MR) is 62.8 cm³/mol. The highest BCUT2D eigenvalue weighted by Crippen LogP contribution is 2.04. The molecular formula is C13H12N2O2. The molecule has 0 spiro atoms. The SMILES string of the molecule is O=C(O)c1cnc(CCc2ccccc2)nc1. The van der Waals surface area contributed by atoms with Crippen molar-refractivity contribution in [3.05, 3.63) is 59.7 Å². The lowest BCUT2D eigenvalue weighted by Crippen LogP contribution is -2.02. The van der Waals surface area contributed by atoms with Gasteiger partial charge in [0.25, 0.3) is 0 Å². The number of rotatable bonds is 4. The van der Waals surface area contributed by atoms with Crippen LogP contribution in [0.2, 0.25) is 0 Å². The van der Waals surface area contributed by atoms with Gasteiger partial charge in [-0.05, 0) is 12.0 Å². The fourth-order valence-electron chi connectivity index (χ4n) is 1.50. The lowest BCUT2D eigenvalue weighted by Gasteiger charge is -2.00. The van der Waals surface area contributed by atoms with Crippen LogP contribution in [-0.2, 0) is 12.8 Å². The van der Waals surface area contributed by atoms with Crippen molar-refractivity contribution in [2.75, 3.05) is 0 Å². The molecule has 4 heteroatoms. The molecule has 4 nitrogen and oxygen atoms in total. The second-order valence-corrected chi connectivity index (χ2v) is 3.68. The van der Waals surface area contributed by atoms with Crippen molar-refractivity contribution in [3.63, 3.8) is 0 Å². The molecule has 0 aliphatic carbocycles. The number of benzene rings is 1. The lowest BCUT2D eigenvalue weighted by molar-refractivity contribution is 0.0696. The van der Waals surface area contributed by atoms with Crippen LogP contribution < -0.4 is 0 Å². The maximum absolute atomic E-state index is 10.6. The molecule has 0 radical (unpaired) electrons. The Labute approximate surface area is 99.0 Å². The van der Waals surface area contributed by atoms with E-state index < -0.39 is 5.97 Å². The molecule has 1 N–H and O–H groups in total. The first-order valence-corrected chi connectivity index (χ1v) is 5.34. The molecule has 1 aromatic carbocycles. The number of hydrogen-bond donors (Lipinski definition) is 1. The van der Waals surface area contributed by atoms with E-state index in [2.05, 4.69) is 9.97 Å². The largest absolute Gasteiger partial charge is 0.478 e. The number of hydrogen-bond acceptors (Lipinski definition) is 3. The highest BCUT2D eigenvalue weighted by atomic mass is 16.4. The Morgan fingerprint density at radius 2 is 1.71 bits per heavy atom. The third kappa shape index (κ3) is 3.11. The molecule has 0 saturated heterocycles. The van der Waals surface area contributed by atoms with Crippen molar-refractivity contribution in [2.45, 2.75) is 12.8 Å². The minimum Gasteiger partial charge on any atom is -0.478 e. The summed E-state index contributed by atoms with van der Waals surface area (Å²) in [5, 5.41) is 8.70. The van der Waals surface area contributed by atoms with E-state index in [-0.39, 0.29) is 5.56 Å². The predicted octanol–water partition coefficient (Wildman–Crippen LogP) is 1.96. The van der Waals surface area contributed by atoms with Crippen LogP contribution in [0.3, 0.4) is 0 Å². The highest BCUT2D eigenvalue weighted by molar-refractivity contribution is 5.86. The zero-order valence-electron chi connectivity index (χ0n) is 9.21. The van der Waals surface area contributed by atoms with Gasteiger partial charge in [-0.1, -0.05) is 30.3 Å². The number of aromatic carboxylic acids is 1. The Hall–Kier alpha value is -2.23. The third-order valence-corrected chi connectivity index (χ3v) is 2.43. The van der Waals surface area contributed by atoms with Gasteiger partial charge in [0, 0.05) is 18.8 Å². The average molecular weight is 228 g/mol. The Morgan fingerprint density at radius 3 is 2.29 bits per heavy atom. The van der Waals surface area contributed by atoms with Crippen molar-refractivity contribution in [1.29, 1.82) is 0 Å². The standard InChI is InChI=1S/C13H12N2O2/c16-13(17)11-8-14-12(15-9-11)7-6-10-4-2-1-3-5-10/h1-5,8-9H,6-7H2,(H,16,17). The highest BCUT2D eigenvalue weighted by Gasteiger charge is 2.04. The molecule has 0 unspecified atom stereocenters. The number of carboxylic acids is 1. The fourth-order valence-corrected chi connectivity index (χ4v) is 1.50. The fraction of sp³-hybridized carbons (Fsp3) is 0.154. The summed E-state index contributed by atoms with van der Waals surface area (Å²) in [5.41, 5.74) is 1.34. The second kappa shape index (κ2) is 5.21. The summed E-state index contributed by atoms with van der Waals surface area (Å²) >= 11 is 0. The smallest absolute Gasteiger partial charge is 0.338 e. The molecule has 1 heterocycles. The van der Waals surface area contributed by atoms with Gasteiger partial charge in [-0.2, -0.15) is 0 Å². The molecule has 0 saturated carbocycles. The Bertz CT molecular complexity index is 495. The summed E-state index contributed by atoms with van der Waals surface area (Å²) in [5.74, 6) is -0.335. The Balaban J connectivity index is 1.98. The van der Waals surface area contributed by atoms with Crippen molar-refractivity contribution in [1.82, 2.24) is 9.97 Å². The van der Waals surface area contributed by atoms with Crippen LogP contribution in [0.15, 0.2) is 42.7 Å². The van der Waals surface area contributed by atoms with Gasteiger partial charge in [-0.25, -0.2) is 14.8 Å². The van der Waals surface area contributed by atoms with Gasteiger partial charge in [-0.3, -0.25) is 0 Å². The molecule has 2 rings (SSSR count). The zero-order valence-corrected chi connectivity index (χ0v) is 9.21. The summed E-state index contributed by atoms with van der Waals surface area (Å²) in [4.78, 5) is 18.7. The minimum atomic E-state index is -1.00. The molecule has 0 atom stereocenters. The van der Waals surface area contributed by atoms with Crippen LogP contribution >= 0.6 is 0 Å². The first-order chi connectivity index (χ1) is 8.25. The van der Waals surface area contributed by atoms with E-state index in [4.69, 9.17) is 5.11 Å². The molecule has 0 aliphatic rings. The van der Waals surface area contributed by atoms with Crippen LogP contribution in [0.25, 0.3) is 0 Å². The average Bonchev–Trinajstić information content (AvgIpc) is 2.38. The van der Waals surface area contributed by atoms with Gasteiger partial charge >= 0.3 is 5.97 Å². The molecular weight excluding hydrogens is 216 g/mol. The molecule has 0 aliphatic heterocycles. The number of carboxylic acid groups (broad SMARTS) is 1. The van der Waals surface area contributed by atoms with E-state index in [0.29, 0.717) is 12.2 Å². The first kappa shape index (κ1) is 11.3. The molecule has 86 valence electrons. The summed E-state index contributed by atoms with van der Waals surface area (Å²) in [6.07, 6.45) is 4.25. The summed E-state index contributed by atoms with van der Waals surface area (Å²) < 4.78 is 0. The van der Waals surface area contributed by atoms with Gasteiger partial charge in [-0.15, -0.1) is 0 Å².